The molecule has 0 radical (unpaired) electrons. The van der Waals surface area contributed by atoms with Crippen molar-refractivity contribution < 1.29 is 9.50 Å². The lowest BCUT2D eigenvalue weighted by atomic mass is 9.74. The topological polar surface area (TPSA) is 20.2 Å². The third-order valence-corrected chi connectivity index (χ3v) is 3.42. The summed E-state index contributed by atoms with van der Waals surface area (Å²) in [6, 6.07) is 3.00. The van der Waals surface area contributed by atoms with Crippen LogP contribution in [0, 0.1) is 12.7 Å². The van der Waals surface area contributed by atoms with E-state index in [9.17, 15) is 9.50 Å². The average molecular weight is 215 g/mol. The lowest BCUT2D eigenvalue weighted by Gasteiger charge is -2.38. The molecule has 2 rings (SSSR count). The average Bonchev–Trinajstić information content (AvgIpc) is 2.09. The number of aliphatic hydroxyl groups is 1. The van der Waals surface area contributed by atoms with Crippen LogP contribution < -0.4 is 0 Å². The molecule has 0 heterocycles. The van der Waals surface area contributed by atoms with Crippen LogP contribution in [0.1, 0.15) is 30.4 Å². The fraction of sp³-hybridized carbons (Fsp3) is 0.455. The fourth-order valence-corrected chi connectivity index (χ4v) is 2.17. The van der Waals surface area contributed by atoms with Gasteiger partial charge in [-0.05, 0) is 37.8 Å². The molecule has 0 saturated heterocycles. The van der Waals surface area contributed by atoms with Crippen LogP contribution in [0.25, 0.3) is 0 Å². The number of hydrogen-bond donors (Lipinski definition) is 1. The minimum atomic E-state index is -1.02. The minimum absolute atomic E-state index is 0.283. The molecule has 0 aliphatic heterocycles. The zero-order chi connectivity index (χ0) is 10.3. The Labute approximate surface area is 87.5 Å². The molecule has 0 aromatic heterocycles. The first-order chi connectivity index (χ1) is 6.54. The highest BCUT2D eigenvalue weighted by Crippen LogP contribution is 2.45. The van der Waals surface area contributed by atoms with Crippen LogP contribution in [-0.4, -0.2) is 5.11 Å². The van der Waals surface area contributed by atoms with Gasteiger partial charge in [0.2, 0.25) is 0 Å². The lowest BCUT2D eigenvalue weighted by Crippen LogP contribution is -2.35. The Morgan fingerprint density at radius 3 is 2.57 bits per heavy atom. The first-order valence-electron chi connectivity index (χ1n) is 4.72. The van der Waals surface area contributed by atoms with Crippen molar-refractivity contribution in [2.24, 2.45) is 0 Å². The van der Waals surface area contributed by atoms with Crippen molar-refractivity contribution >= 4 is 11.6 Å². The summed E-state index contributed by atoms with van der Waals surface area (Å²) in [6.45, 7) is 1.81. The Morgan fingerprint density at radius 1 is 1.43 bits per heavy atom. The quantitative estimate of drug-likeness (QED) is 0.762. The molecule has 0 unspecified atom stereocenters. The molecule has 1 aromatic rings. The Balaban J connectivity index is 2.56. The van der Waals surface area contributed by atoms with Gasteiger partial charge < -0.3 is 5.11 Å². The van der Waals surface area contributed by atoms with Gasteiger partial charge in [0.1, 0.15) is 5.82 Å². The van der Waals surface area contributed by atoms with E-state index >= 15 is 0 Å². The molecule has 0 spiro atoms. The van der Waals surface area contributed by atoms with Gasteiger partial charge in [-0.15, -0.1) is 0 Å². The van der Waals surface area contributed by atoms with Gasteiger partial charge >= 0.3 is 0 Å². The van der Waals surface area contributed by atoms with E-state index in [-0.39, 0.29) is 5.56 Å². The lowest BCUT2D eigenvalue weighted by molar-refractivity contribution is -0.0415. The Morgan fingerprint density at radius 2 is 2.07 bits per heavy atom. The maximum Gasteiger partial charge on any atom is 0.130 e. The molecule has 14 heavy (non-hydrogen) atoms. The molecule has 1 aliphatic rings. The van der Waals surface area contributed by atoms with E-state index < -0.39 is 11.4 Å². The van der Waals surface area contributed by atoms with Crippen LogP contribution in [0.2, 0.25) is 5.02 Å². The summed E-state index contributed by atoms with van der Waals surface area (Å²) in [4.78, 5) is 0. The van der Waals surface area contributed by atoms with Crippen molar-refractivity contribution in [2.75, 3.05) is 0 Å². The second-order valence-corrected chi connectivity index (χ2v) is 4.32. The molecular formula is C11H12ClFO. The van der Waals surface area contributed by atoms with E-state index in [1.807, 2.05) is 6.92 Å². The third-order valence-electron chi connectivity index (χ3n) is 2.93. The second-order valence-electron chi connectivity index (χ2n) is 3.94. The summed E-state index contributed by atoms with van der Waals surface area (Å²) in [6.07, 6.45) is 2.14. The summed E-state index contributed by atoms with van der Waals surface area (Å²) in [5.74, 6) is -0.400. The Bertz CT molecular complexity index is 372. The SMILES string of the molecule is Cc1ccc(F)c(C2(O)CCC2)c1Cl. The first-order valence-corrected chi connectivity index (χ1v) is 5.10. The van der Waals surface area contributed by atoms with E-state index in [1.165, 1.54) is 6.07 Å². The summed E-state index contributed by atoms with van der Waals surface area (Å²) in [7, 11) is 0. The minimum Gasteiger partial charge on any atom is -0.385 e. The van der Waals surface area contributed by atoms with Gasteiger partial charge in [-0.3, -0.25) is 0 Å². The van der Waals surface area contributed by atoms with E-state index in [0.29, 0.717) is 17.9 Å². The summed E-state index contributed by atoms with van der Waals surface area (Å²) < 4.78 is 13.5. The number of hydrogen-bond acceptors (Lipinski definition) is 1. The molecule has 1 nitrogen and oxygen atoms in total. The third kappa shape index (κ3) is 1.33. The fourth-order valence-electron chi connectivity index (χ4n) is 1.84. The molecule has 76 valence electrons. The number of benzene rings is 1. The van der Waals surface area contributed by atoms with Gasteiger partial charge in [0.05, 0.1) is 10.6 Å². The van der Waals surface area contributed by atoms with Crippen LogP contribution in [0.3, 0.4) is 0 Å². The molecule has 1 N–H and O–H groups in total. The molecule has 0 atom stereocenters. The van der Waals surface area contributed by atoms with Crippen molar-refractivity contribution in [2.45, 2.75) is 31.8 Å². The van der Waals surface area contributed by atoms with Crippen molar-refractivity contribution in [1.82, 2.24) is 0 Å². The highest BCUT2D eigenvalue weighted by Gasteiger charge is 2.40. The number of aryl methyl sites for hydroxylation is 1. The van der Waals surface area contributed by atoms with Crippen molar-refractivity contribution in [1.29, 1.82) is 0 Å². The first kappa shape index (κ1) is 9.94. The van der Waals surface area contributed by atoms with E-state index in [0.717, 1.165) is 12.0 Å². The molecule has 0 bridgehead atoms. The summed E-state index contributed by atoms with van der Waals surface area (Å²) >= 11 is 6.00. The smallest absolute Gasteiger partial charge is 0.130 e. The van der Waals surface area contributed by atoms with Crippen LogP contribution in [0.4, 0.5) is 4.39 Å². The molecule has 1 saturated carbocycles. The zero-order valence-corrected chi connectivity index (χ0v) is 8.74. The second kappa shape index (κ2) is 3.21. The van der Waals surface area contributed by atoms with Gasteiger partial charge in [0.15, 0.2) is 0 Å². The highest BCUT2D eigenvalue weighted by atomic mass is 35.5. The largest absolute Gasteiger partial charge is 0.385 e. The van der Waals surface area contributed by atoms with E-state index in [4.69, 9.17) is 11.6 Å². The van der Waals surface area contributed by atoms with Crippen molar-refractivity contribution in [3.05, 3.63) is 34.1 Å². The van der Waals surface area contributed by atoms with Gasteiger partial charge in [0.25, 0.3) is 0 Å². The Hall–Kier alpha value is -0.600. The van der Waals surface area contributed by atoms with Crippen LogP contribution in [0.15, 0.2) is 12.1 Å². The monoisotopic (exact) mass is 214 g/mol. The molecular weight excluding hydrogens is 203 g/mol. The highest BCUT2D eigenvalue weighted by molar-refractivity contribution is 6.32. The predicted octanol–water partition coefficient (Wildman–Crippen LogP) is 3.16. The van der Waals surface area contributed by atoms with E-state index in [2.05, 4.69) is 0 Å². The molecule has 1 aliphatic carbocycles. The number of rotatable bonds is 1. The maximum absolute atomic E-state index is 13.5. The van der Waals surface area contributed by atoms with Crippen LogP contribution in [-0.2, 0) is 5.60 Å². The predicted molar refractivity (Wildman–Crippen MR) is 53.9 cm³/mol. The van der Waals surface area contributed by atoms with Gasteiger partial charge in [-0.1, -0.05) is 17.7 Å². The van der Waals surface area contributed by atoms with Gasteiger partial charge in [0, 0.05) is 5.56 Å². The van der Waals surface area contributed by atoms with Gasteiger partial charge in [-0.25, -0.2) is 4.39 Å². The molecule has 1 fully saturated rings. The Kier molecular flexibility index (Phi) is 2.28. The molecule has 0 amide bonds. The normalized spacial score (nSPS) is 19.1. The summed E-state index contributed by atoms with van der Waals surface area (Å²) in [5, 5.41) is 10.4. The van der Waals surface area contributed by atoms with Crippen LogP contribution in [0.5, 0.6) is 0 Å². The maximum atomic E-state index is 13.5. The standard InChI is InChI=1S/C11H12ClFO/c1-7-3-4-8(13)9(10(7)12)11(14)5-2-6-11/h3-4,14H,2,5-6H2,1H3. The van der Waals surface area contributed by atoms with Crippen molar-refractivity contribution in [3.8, 4) is 0 Å². The zero-order valence-electron chi connectivity index (χ0n) is 7.98. The van der Waals surface area contributed by atoms with Crippen LogP contribution >= 0.6 is 11.6 Å². The molecule has 3 heteroatoms. The summed E-state index contributed by atoms with van der Waals surface area (Å²) in [5.41, 5.74) is 0.0708. The van der Waals surface area contributed by atoms with E-state index in [1.54, 1.807) is 6.07 Å². The molecule has 1 aromatic carbocycles. The van der Waals surface area contributed by atoms with Gasteiger partial charge in [-0.2, -0.15) is 0 Å². The van der Waals surface area contributed by atoms with Crippen molar-refractivity contribution in [3.63, 3.8) is 0 Å². The number of halogens is 2.